The molecule has 0 aliphatic carbocycles. The van der Waals surface area contributed by atoms with E-state index in [2.05, 4.69) is 27.4 Å². The first-order valence-corrected chi connectivity index (χ1v) is 7.65. The van der Waals surface area contributed by atoms with E-state index in [9.17, 15) is 9.65 Å². The predicted molar refractivity (Wildman–Crippen MR) is 85.1 cm³/mol. The van der Waals surface area contributed by atoms with Gasteiger partial charge in [0.15, 0.2) is 0 Å². The van der Waals surface area contributed by atoms with Gasteiger partial charge in [0.1, 0.15) is 0 Å². The van der Waals surface area contributed by atoms with E-state index in [1.54, 1.807) is 6.07 Å². The molecule has 0 saturated carbocycles. The monoisotopic (exact) mass is 355 g/mol. The van der Waals surface area contributed by atoms with Crippen molar-refractivity contribution in [2.24, 2.45) is 0 Å². The van der Waals surface area contributed by atoms with E-state index < -0.39 is 0 Å². The van der Waals surface area contributed by atoms with Crippen LogP contribution in [0.4, 0.5) is 4.39 Å². The van der Waals surface area contributed by atoms with Gasteiger partial charge >= 0.3 is 136 Å². The van der Waals surface area contributed by atoms with E-state index >= 15 is 0 Å². The molecule has 1 heterocycles. The van der Waals surface area contributed by atoms with Crippen molar-refractivity contribution in [3.05, 3.63) is 87.8 Å². The molecule has 107 valence electrons. The van der Waals surface area contributed by atoms with Gasteiger partial charge in [-0.05, 0) is 0 Å². The van der Waals surface area contributed by atoms with Crippen LogP contribution in [0.1, 0.15) is 17.0 Å². The van der Waals surface area contributed by atoms with Crippen LogP contribution in [0.2, 0.25) is 0 Å². The Hall–Kier alpha value is -2.34. The summed E-state index contributed by atoms with van der Waals surface area (Å²) in [4.78, 5) is 0. The molecule has 0 bridgehead atoms. The van der Waals surface area contributed by atoms with Crippen molar-refractivity contribution < 1.29 is 4.39 Å². The summed E-state index contributed by atoms with van der Waals surface area (Å²) in [5.74, 6) is -0.435. The van der Waals surface area contributed by atoms with Gasteiger partial charge in [0.05, 0.1) is 0 Å². The Bertz CT molecular complexity index is 803. The molecule has 0 fully saturated rings. The molecular weight excluding hydrogens is 342 g/mol. The third-order valence-electron chi connectivity index (χ3n) is 3.55. The number of hydrogen-bond donors (Lipinski definition) is 1. The van der Waals surface area contributed by atoms with Crippen molar-refractivity contribution in [3.63, 3.8) is 0 Å². The number of nitrogens with one attached hydrogen (secondary N) is 1. The van der Waals surface area contributed by atoms with Crippen LogP contribution in [-0.4, -0.2) is 16.0 Å². The maximum absolute atomic E-state index is 13.5. The molecule has 4 heteroatoms. The van der Waals surface area contributed by atoms with Crippen molar-refractivity contribution in [2.45, 2.75) is 5.92 Å². The fraction of sp³-hybridized carbons (Fsp3) is 0.0556. The number of rotatable bonds is 2. The normalized spacial score (nSPS) is 17.5. The first kappa shape index (κ1) is 14.6. The van der Waals surface area contributed by atoms with Gasteiger partial charge in [0.2, 0.25) is 0 Å². The Morgan fingerprint density at radius 1 is 1.09 bits per heavy atom. The first-order chi connectivity index (χ1) is 10.7. The number of dihydropyridines is 1. The van der Waals surface area contributed by atoms with Crippen LogP contribution in [-0.2, 0) is 0 Å². The summed E-state index contributed by atoms with van der Waals surface area (Å²) in [6.45, 7) is 0. The molecule has 2 aromatic carbocycles. The zero-order valence-electron chi connectivity index (χ0n) is 11.6. The number of nitrogens with zero attached hydrogens (tertiary/aromatic N) is 1. The van der Waals surface area contributed by atoms with Gasteiger partial charge < -0.3 is 0 Å². The summed E-state index contributed by atoms with van der Waals surface area (Å²) in [6, 6.07) is 18.5. The number of benzene rings is 2. The summed E-state index contributed by atoms with van der Waals surface area (Å²) >= 11 is 2.91. The third kappa shape index (κ3) is 2.82. The average Bonchev–Trinajstić information content (AvgIpc) is 2.55. The molecule has 2 nitrogen and oxygen atoms in total. The van der Waals surface area contributed by atoms with Crippen molar-refractivity contribution in [1.82, 2.24) is 5.32 Å². The van der Waals surface area contributed by atoms with E-state index in [1.165, 1.54) is 12.1 Å². The van der Waals surface area contributed by atoms with Crippen LogP contribution in [0.15, 0.2) is 70.8 Å². The average molecular weight is 354 g/mol. The Balaban J connectivity index is 2.08. The van der Waals surface area contributed by atoms with E-state index in [-0.39, 0.29) is 11.7 Å². The zero-order valence-corrected chi connectivity index (χ0v) is 13.3. The van der Waals surface area contributed by atoms with Crippen LogP contribution < -0.4 is 5.32 Å². The van der Waals surface area contributed by atoms with Gasteiger partial charge in [-0.25, -0.2) is 0 Å². The minimum absolute atomic E-state index is 0.151. The Labute approximate surface area is 136 Å². The summed E-state index contributed by atoms with van der Waals surface area (Å²) in [5, 5.41) is 12.6. The number of halogens is 1. The number of allylic oxidation sites excluding steroid dienone is 2. The SMILES string of the molecule is N#CC1=C([Se])NC(c2cccc(F)c2)=CC1c1ccccc1. The van der Waals surface area contributed by atoms with E-state index in [0.29, 0.717) is 10.2 Å². The van der Waals surface area contributed by atoms with E-state index in [4.69, 9.17) is 0 Å². The molecule has 3 rings (SSSR count). The molecule has 2 aromatic rings. The van der Waals surface area contributed by atoms with Crippen LogP contribution >= 0.6 is 0 Å². The molecule has 1 unspecified atom stereocenters. The molecule has 0 amide bonds. The summed E-state index contributed by atoms with van der Waals surface area (Å²) in [6.07, 6.45) is 1.96. The second-order valence-electron chi connectivity index (χ2n) is 4.96. The molecule has 0 saturated heterocycles. The molecule has 0 aromatic heterocycles. The molecule has 1 N–H and O–H groups in total. The van der Waals surface area contributed by atoms with Gasteiger partial charge in [-0.1, -0.05) is 0 Å². The molecule has 0 spiro atoms. The third-order valence-corrected chi connectivity index (χ3v) is 4.23. The van der Waals surface area contributed by atoms with Gasteiger partial charge in [-0.3, -0.25) is 0 Å². The van der Waals surface area contributed by atoms with E-state index in [0.717, 1.165) is 16.8 Å². The van der Waals surface area contributed by atoms with Gasteiger partial charge in [-0.15, -0.1) is 0 Å². The number of nitriles is 1. The Kier molecular flexibility index (Phi) is 4.11. The molecule has 1 aliphatic rings. The van der Waals surface area contributed by atoms with Crippen molar-refractivity contribution in [2.75, 3.05) is 0 Å². The Morgan fingerprint density at radius 3 is 2.55 bits per heavy atom. The van der Waals surface area contributed by atoms with Crippen molar-refractivity contribution in [3.8, 4) is 6.07 Å². The predicted octanol–water partition coefficient (Wildman–Crippen LogP) is 3.46. The molecule has 1 radical (unpaired) electrons. The molecule has 1 atom stereocenters. The second-order valence-corrected chi connectivity index (χ2v) is 5.82. The molecular formula is C18H12FN2Se. The van der Waals surface area contributed by atoms with Crippen LogP contribution in [0.3, 0.4) is 0 Å². The van der Waals surface area contributed by atoms with Crippen molar-refractivity contribution >= 4 is 21.7 Å². The van der Waals surface area contributed by atoms with Gasteiger partial charge in [0, 0.05) is 0 Å². The fourth-order valence-corrected chi connectivity index (χ4v) is 3.08. The molecule has 22 heavy (non-hydrogen) atoms. The fourth-order valence-electron chi connectivity index (χ4n) is 2.49. The summed E-state index contributed by atoms with van der Waals surface area (Å²) < 4.78 is 14.1. The topological polar surface area (TPSA) is 35.8 Å². The summed E-state index contributed by atoms with van der Waals surface area (Å²) in [5.41, 5.74) is 3.21. The van der Waals surface area contributed by atoms with Crippen LogP contribution in [0.25, 0.3) is 5.70 Å². The number of hydrogen-bond acceptors (Lipinski definition) is 2. The zero-order chi connectivity index (χ0) is 15.5. The van der Waals surface area contributed by atoms with Crippen LogP contribution in [0, 0.1) is 17.1 Å². The molecule has 1 aliphatic heterocycles. The quantitative estimate of drug-likeness (QED) is 0.839. The van der Waals surface area contributed by atoms with Gasteiger partial charge in [0.25, 0.3) is 0 Å². The van der Waals surface area contributed by atoms with E-state index in [1.807, 2.05) is 42.5 Å². The maximum atomic E-state index is 13.5. The van der Waals surface area contributed by atoms with Crippen molar-refractivity contribution in [1.29, 1.82) is 5.26 Å². The van der Waals surface area contributed by atoms with Crippen LogP contribution in [0.5, 0.6) is 0 Å². The second kappa shape index (κ2) is 6.19. The Morgan fingerprint density at radius 2 is 1.86 bits per heavy atom. The first-order valence-electron chi connectivity index (χ1n) is 6.80. The minimum atomic E-state index is -0.284. The standard InChI is InChI=1S/C18H12FN2Se/c19-14-8-4-7-13(9-14)17-10-15(12-5-2-1-3-6-12)16(11-20)18(22)21-17/h1-10,15,21H. The van der Waals surface area contributed by atoms with Gasteiger partial charge in [-0.2, -0.15) is 0 Å². The summed E-state index contributed by atoms with van der Waals surface area (Å²) in [7, 11) is 0.